The first-order valence-electron chi connectivity index (χ1n) is 10.3. The van der Waals surface area contributed by atoms with E-state index in [1.165, 1.54) is 21.3 Å². The summed E-state index contributed by atoms with van der Waals surface area (Å²) in [7, 11) is 3.19. The molecule has 5 aromatic rings. The highest BCUT2D eigenvalue weighted by molar-refractivity contribution is 14.2. The lowest BCUT2D eigenvalue weighted by Crippen LogP contribution is -2.17. The van der Waals surface area contributed by atoms with Gasteiger partial charge >= 0.3 is 0 Å². The van der Waals surface area contributed by atoms with Gasteiger partial charge in [0, 0.05) is 94.5 Å². The second-order valence-corrected chi connectivity index (χ2v) is 10.7. The molecule has 0 bridgehead atoms. The van der Waals surface area contributed by atoms with Crippen molar-refractivity contribution in [2.45, 2.75) is 19.8 Å². The lowest BCUT2D eigenvalue weighted by molar-refractivity contribution is 0.625. The highest BCUT2D eigenvalue weighted by Crippen LogP contribution is 2.41. The summed E-state index contributed by atoms with van der Waals surface area (Å²) in [6.07, 6.45) is 5.52. The first kappa shape index (κ1) is 23.7. The van der Waals surface area contributed by atoms with Gasteiger partial charge in [-0.25, -0.2) is 9.37 Å². The summed E-state index contributed by atoms with van der Waals surface area (Å²) in [5, 5.41) is 2.18. The first-order valence-corrected chi connectivity index (χ1v) is 14.4. The Bertz CT molecular complexity index is 1660. The van der Waals surface area contributed by atoms with Crippen molar-refractivity contribution in [3.05, 3.63) is 85.9 Å². The van der Waals surface area contributed by atoms with Gasteiger partial charge in [0.1, 0.15) is 17.0 Å². The summed E-state index contributed by atoms with van der Waals surface area (Å²) >= 11 is 14.9. The molecule has 5 rings (SSSR count). The lowest BCUT2D eigenvalue weighted by atomic mass is 9.90. The van der Waals surface area contributed by atoms with Gasteiger partial charge in [-0.1, -0.05) is 30.1 Å². The summed E-state index contributed by atoms with van der Waals surface area (Å²) in [4.78, 5) is 20.8. The number of nitrogens with one attached hydrogen (secondary N) is 1. The third kappa shape index (κ3) is 3.66. The van der Waals surface area contributed by atoms with Gasteiger partial charge < -0.3 is 9.55 Å². The summed E-state index contributed by atoms with van der Waals surface area (Å²) in [6, 6.07) is 6.79. The molecule has 0 aliphatic heterocycles. The van der Waals surface area contributed by atoms with Gasteiger partial charge in [-0.2, -0.15) is 0 Å². The zero-order valence-corrected chi connectivity index (χ0v) is 22.8. The van der Waals surface area contributed by atoms with E-state index in [4.69, 9.17) is 23.2 Å². The normalized spacial score (nSPS) is 12.7. The summed E-state index contributed by atoms with van der Waals surface area (Å²) in [5.74, 6) is -0.785. The van der Waals surface area contributed by atoms with Crippen LogP contribution in [-0.2, 0) is 7.05 Å². The molecule has 0 aliphatic rings. The molecule has 10 heteroatoms. The fourth-order valence-electron chi connectivity index (χ4n) is 4.62. The molecule has 1 unspecified atom stereocenters. The number of aromatic nitrogens is 4. The molecule has 0 saturated heterocycles. The Morgan fingerprint density at radius 2 is 1.97 bits per heavy atom. The number of halogens is 4. The van der Waals surface area contributed by atoms with Crippen LogP contribution in [0, 0.1) is 12.7 Å². The minimum Gasteiger partial charge on any atom is -0.343 e. The van der Waals surface area contributed by atoms with Crippen LogP contribution < -0.4 is 5.56 Å². The molecule has 4 aromatic heterocycles. The molecule has 0 aliphatic carbocycles. The Hall–Kier alpha value is -2.01. The van der Waals surface area contributed by atoms with E-state index >= 15 is 0 Å². The molecule has 0 amide bonds. The van der Waals surface area contributed by atoms with Crippen LogP contribution in [0.1, 0.15) is 29.7 Å². The molecule has 0 saturated carbocycles. The van der Waals surface area contributed by atoms with E-state index in [0.717, 1.165) is 33.2 Å². The van der Waals surface area contributed by atoms with Crippen molar-refractivity contribution < 1.29 is 4.39 Å². The van der Waals surface area contributed by atoms with E-state index in [-0.39, 0.29) is 16.5 Å². The zero-order valence-electron chi connectivity index (χ0n) is 18.3. The van der Waals surface area contributed by atoms with Crippen LogP contribution in [-0.4, -0.2) is 18.5 Å². The fourth-order valence-corrected chi connectivity index (χ4v) is 6.66. The Morgan fingerprint density at radius 3 is 2.71 bits per heavy atom. The van der Waals surface area contributed by atoms with Crippen molar-refractivity contribution in [3.63, 3.8) is 0 Å². The number of fused-ring (bicyclic) bond motifs is 2. The Morgan fingerprint density at radius 1 is 1.21 bits per heavy atom. The van der Waals surface area contributed by atoms with E-state index in [1.807, 2.05) is 42.3 Å². The van der Waals surface area contributed by atoms with Crippen molar-refractivity contribution in [1.29, 1.82) is 0 Å². The largest absolute Gasteiger partial charge is 0.343 e. The predicted molar refractivity (Wildman–Crippen MR) is 148 cm³/mol. The van der Waals surface area contributed by atoms with Gasteiger partial charge in [0.2, 0.25) is 0 Å². The molecule has 34 heavy (non-hydrogen) atoms. The van der Waals surface area contributed by atoms with Gasteiger partial charge in [-0.05, 0) is 42.3 Å². The summed E-state index contributed by atoms with van der Waals surface area (Å²) in [6.45, 7) is 3.91. The Kier molecular flexibility index (Phi) is 6.20. The molecule has 4 heterocycles. The number of hydrogen-bond acceptors (Lipinski definition) is 3. The predicted octanol–water partition coefficient (Wildman–Crippen LogP) is 7.64. The maximum absolute atomic E-state index is 14.3. The van der Waals surface area contributed by atoms with Crippen LogP contribution in [0.2, 0.25) is 10.0 Å². The number of pyridine rings is 2. The number of aromatic amines is 1. The number of hydrogen-bond donors (Lipinski definition) is 1. The van der Waals surface area contributed by atoms with E-state index < -0.39 is 5.82 Å². The van der Waals surface area contributed by atoms with Crippen molar-refractivity contribution in [3.8, 4) is 11.1 Å². The van der Waals surface area contributed by atoms with Crippen LogP contribution in [0.15, 0.2) is 47.7 Å². The van der Waals surface area contributed by atoms with Crippen molar-refractivity contribution in [2.75, 3.05) is 0 Å². The number of rotatable bonds is 4. The summed E-state index contributed by atoms with van der Waals surface area (Å²) in [5.41, 5.74) is 5.43. The lowest BCUT2D eigenvalue weighted by Gasteiger charge is -2.17. The monoisotopic (exact) mass is 626 g/mol. The van der Waals surface area contributed by atoms with Gasteiger partial charge in [-0.3, -0.25) is 8.77 Å². The average Bonchev–Trinajstić information content (AvgIpc) is 3.38. The maximum Gasteiger partial charge on any atom is 0.275 e. The number of nitrogens with zero attached hydrogens (tertiary/aromatic N) is 3. The molecule has 5 nitrogen and oxygen atoms in total. The minimum absolute atomic E-state index is 0.0234. The molecule has 1 N–H and O–H groups in total. The molecule has 1 aromatic carbocycles. The Balaban J connectivity index is 1.75. The molecular formula is C24H18Cl2FIN4OS. The van der Waals surface area contributed by atoms with E-state index in [1.54, 1.807) is 17.8 Å². The molecule has 1 atom stereocenters. The Labute approximate surface area is 221 Å². The zero-order chi connectivity index (χ0) is 24.3. The number of aryl methyl sites for hydroxylation is 2. The molecule has 0 fully saturated rings. The second-order valence-electron chi connectivity index (χ2n) is 8.19. The van der Waals surface area contributed by atoms with Crippen molar-refractivity contribution >= 4 is 75.5 Å². The topological polar surface area (TPSA) is 55.6 Å². The SMILES string of the molecule is Cc1[nH]c2ncc(-c3cn(C)c(=O)c4c3ccn4SI)cc2c1C(C)c1c(Cl)ccc(F)c1Cl. The van der Waals surface area contributed by atoms with E-state index in [0.29, 0.717) is 21.7 Å². The van der Waals surface area contributed by atoms with Crippen molar-refractivity contribution in [2.24, 2.45) is 7.05 Å². The molecule has 0 radical (unpaired) electrons. The van der Waals surface area contributed by atoms with Crippen LogP contribution in [0.5, 0.6) is 0 Å². The maximum atomic E-state index is 14.3. The standard InChI is InChI=1S/C24H18Cl2FIN4OS/c1-11(20-17(25)4-5-18(27)21(20)26)19-12(2)30-23-15(19)8-13(9-29-23)16-10-31(3)24(33)22-14(16)6-7-32(22)34-28/h4-11H,1-3H3,(H,29,30). The fraction of sp³-hybridized carbons (Fsp3) is 0.167. The van der Waals surface area contributed by atoms with Gasteiger partial charge in [0.25, 0.3) is 5.56 Å². The average molecular weight is 627 g/mol. The van der Waals surface area contributed by atoms with Crippen LogP contribution in [0.25, 0.3) is 33.1 Å². The third-order valence-electron chi connectivity index (χ3n) is 6.21. The summed E-state index contributed by atoms with van der Waals surface area (Å²) < 4.78 is 17.7. The second kappa shape index (κ2) is 8.89. The van der Waals surface area contributed by atoms with Crippen LogP contribution in [0.4, 0.5) is 4.39 Å². The van der Waals surface area contributed by atoms with Gasteiger partial charge in [0.05, 0.1) is 5.02 Å². The van der Waals surface area contributed by atoms with Crippen molar-refractivity contribution in [1.82, 2.24) is 18.5 Å². The highest BCUT2D eigenvalue weighted by atomic mass is 127. The minimum atomic E-state index is -0.505. The molecular weight excluding hydrogens is 609 g/mol. The third-order valence-corrected chi connectivity index (χ3v) is 8.65. The van der Waals surface area contributed by atoms with E-state index in [9.17, 15) is 9.18 Å². The van der Waals surface area contributed by atoms with Crippen LogP contribution >= 0.6 is 53.5 Å². The van der Waals surface area contributed by atoms with E-state index in [2.05, 4.69) is 31.2 Å². The molecule has 0 spiro atoms. The highest BCUT2D eigenvalue weighted by Gasteiger charge is 2.24. The smallest absolute Gasteiger partial charge is 0.275 e. The van der Waals surface area contributed by atoms with Gasteiger partial charge in [0.15, 0.2) is 0 Å². The quantitative estimate of drug-likeness (QED) is 0.165. The first-order chi connectivity index (χ1) is 16.2. The van der Waals surface area contributed by atoms with Gasteiger partial charge in [-0.15, -0.1) is 0 Å². The molecule has 174 valence electrons. The number of benzene rings is 1. The number of H-pyrrole nitrogens is 1. The van der Waals surface area contributed by atoms with Crippen LogP contribution in [0.3, 0.4) is 0 Å².